The van der Waals surface area contributed by atoms with Crippen molar-refractivity contribution >= 4 is 34.9 Å². The second-order valence-electron chi connectivity index (χ2n) is 3.94. The van der Waals surface area contributed by atoms with Crippen LogP contribution in [0.4, 0.5) is 11.4 Å². The standard InChI is InChI=1S/C14H10ClNO4/c15-8-5-6-10(14(19)20)12(7-8)16-11-4-2-1-3-9(11)13(17)18/h1-7,16H,(H,17,18)(H,19,20)/p-2. The number of benzene rings is 2. The van der Waals surface area contributed by atoms with Crippen LogP contribution in [0.1, 0.15) is 20.7 Å². The van der Waals surface area contributed by atoms with Gasteiger partial charge in [0.2, 0.25) is 0 Å². The molecule has 2 rings (SSSR count). The lowest BCUT2D eigenvalue weighted by Crippen LogP contribution is -2.24. The quantitative estimate of drug-likeness (QED) is 0.899. The van der Waals surface area contributed by atoms with Crippen molar-refractivity contribution in [1.29, 1.82) is 0 Å². The number of anilines is 2. The van der Waals surface area contributed by atoms with Crippen LogP contribution in [-0.2, 0) is 0 Å². The monoisotopic (exact) mass is 289 g/mol. The van der Waals surface area contributed by atoms with Crippen molar-refractivity contribution in [2.75, 3.05) is 5.32 Å². The number of halogens is 1. The van der Waals surface area contributed by atoms with Gasteiger partial charge in [0.25, 0.3) is 0 Å². The van der Waals surface area contributed by atoms with Crippen molar-refractivity contribution < 1.29 is 19.8 Å². The van der Waals surface area contributed by atoms with E-state index in [0.717, 1.165) is 0 Å². The Balaban J connectivity index is 2.47. The smallest absolute Gasteiger partial charge is 0.0736 e. The fourth-order valence-electron chi connectivity index (χ4n) is 1.71. The molecule has 0 saturated heterocycles. The molecule has 0 spiro atoms. The summed E-state index contributed by atoms with van der Waals surface area (Å²) in [7, 11) is 0. The van der Waals surface area contributed by atoms with Gasteiger partial charge in [-0.25, -0.2) is 0 Å². The first-order valence-electron chi connectivity index (χ1n) is 5.57. The number of aromatic carboxylic acids is 2. The summed E-state index contributed by atoms with van der Waals surface area (Å²) in [6.45, 7) is 0. The molecule has 0 saturated carbocycles. The number of nitrogens with one attached hydrogen (secondary N) is 1. The first kappa shape index (κ1) is 13.9. The molecule has 20 heavy (non-hydrogen) atoms. The molecule has 0 aliphatic heterocycles. The molecule has 0 aliphatic rings. The second kappa shape index (κ2) is 5.63. The lowest BCUT2D eigenvalue weighted by molar-refractivity contribution is -0.256. The van der Waals surface area contributed by atoms with E-state index in [0.29, 0.717) is 5.02 Å². The minimum atomic E-state index is -1.39. The molecule has 0 aliphatic carbocycles. The minimum Gasteiger partial charge on any atom is -0.545 e. The molecule has 1 N–H and O–H groups in total. The maximum Gasteiger partial charge on any atom is 0.0736 e. The van der Waals surface area contributed by atoms with Gasteiger partial charge in [0.05, 0.1) is 11.9 Å². The first-order valence-corrected chi connectivity index (χ1v) is 5.95. The van der Waals surface area contributed by atoms with E-state index in [1.807, 2.05) is 0 Å². The molecule has 102 valence electrons. The third-order valence-electron chi connectivity index (χ3n) is 2.62. The number of rotatable bonds is 4. The van der Waals surface area contributed by atoms with Crippen molar-refractivity contribution in [2.24, 2.45) is 0 Å². The number of para-hydroxylation sites is 1. The second-order valence-corrected chi connectivity index (χ2v) is 4.37. The van der Waals surface area contributed by atoms with Crippen molar-refractivity contribution in [3.63, 3.8) is 0 Å². The van der Waals surface area contributed by atoms with E-state index in [1.54, 1.807) is 6.07 Å². The summed E-state index contributed by atoms with van der Waals surface area (Å²) in [5.74, 6) is -2.76. The summed E-state index contributed by atoms with van der Waals surface area (Å²) in [5.41, 5.74) is 0.141. The number of carbonyl (C=O) groups is 2. The highest BCUT2D eigenvalue weighted by Crippen LogP contribution is 2.26. The number of hydrogen-bond donors (Lipinski definition) is 1. The lowest BCUT2D eigenvalue weighted by atomic mass is 10.1. The van der Waals surface area contributed by atoms with Gasteiger partial charge in [-0.05, 0) is 24.3 Å². The van der Waals surface area contributed by atoms with Crippen LogP contribution in [0.25, 0.3) is 0 Å². The van der Waals surface area contributed by atoms with Gasteiger partial charge in [-0.2, -0.15) is 0 Å². The van der Waals surface area contributed by atoms with E-state index in [4.69, 9.17) is 11.6 Å². The predicted molar refractivity (Wildman–Crippen MR) is 69.8 cm³/mol. The number of hydrogen-bond acceptors (Lipinski definition) is 5. The molecular weight excluding hydrogens is 282 g/mol. The predicted octanol–water partition coefficient (Wildman–Crippen LogP) is 0.811. The molecule has 0 bridgehead atoms. The van der Waals surface area contributed by atoms with Gasteiger partial charge in [0, 0.05) is 27.5 Å². The van der Waals surface area contributed by atoms with Gasteiger partial charge < -0.3 is 25.1 Å². The zero-order valence-corrected chi connectivity index (χ0v) is 10.8. The van der Waals surface area contributed by atoms with Gasteiger partial charge >= 0.3 is 0 Å². The van der Waals surface area contributed by atoms with Crippen molar-refractivity contribution in [3.05, 3.63) is 58.6 Å². The van der Waals surface area contributed by atoms with Gasteiger partial charge in [0.1, 0.15) is 0 Å². The van der Waals surface area contributed by atoms with E-state index >= 15 is 0 Å². The zero-order valence-electron chi connectivity index (χ0n) is 10.1. The number of carboxylic acid groups (broad SMARTS) is 2. The Kier molecular flexibility index (Phi) is 3.91. The molecule has 2 aromatic rings. The summed E-state index contributed by atoms with van der Waals surface area (Å²) in [6, 6.07) is 10.0. The molecule has 0 aromatic heterocycles. The van der Waals surface area contributed by atoms with Gasteiger partial charge in [-0.15, -0.1) is 0 Å². The highest BCUT2D eigenvalue weighted by atomic mass is 35.5. The molecule has 0 radical (unpaired) electrons. The molecule has 2 aromatic carbocycles. The maximum atomic E-state index is 11.0. The fourth-order valence-corrected chi connectivity index (χ4v) is 1.89. The van der Waals surface area contributed by atoms with Gasteiger partial charge in [-0.1, -0.05) is 29.8 Å². The van der Waals surface area contributed by atoms with Crippen molar-refractivity contribution in [2.45, 2.75) is 0 Å². The van der Waals surface area contributed by atoms with E-state index in [2.05, 4.69) is 5.32 Å². The summed E-state index contributed by atoms with van der Waals surface area (Å²) >= 11 is 5.81. The average Bonchev–Trinajstić information content (AvgIpc) is 2.38. The van der Waals surface area contributed by atoms with Crippen LogP contribution in [0.5, 0.6) is 0 Å². The summed E-state index contributed by atoms with van der Waals surface area (Å²) < 4.78 is 0. The lowest BCUT2D eigenvalue weighted by Gasteiger charge is -2.16. The highest BCUT2D eigenvalue weighted by molar-refractivity contribution is 6.31. The van der Waals surface area contributed by atoms with Crippen molar-refractivity contribution in [3.8, 4) is 0 Å². The van der Waals surface area contributed by atoms with Crippen LogP contribution < -0.4 is 15.5 Å². The largest absolute Gasteiger partial charge is 0.545 e. The Bertz CT molecular complexity index is 685. The number of carboxylic acids is 2. The maximum absolute atomic E-state index is 11.0. The normalized spacial score (nSPS) is 10.1. The zero-order chi connectivity index (χ0) is 14.7. The van der Waals surface area contributed by atoms with Crippen molar-refractivity contribution in [1.82, 2.24) is 0 Å². The molecule has 5 nitrogen and oxygen atoms in total. The molecule has 0 atom stereocenters. The van der Waals surface area contributed by atoms with Crippen LogP contribution in [0.15, 0.2) is 42.5 Å². The van der Waals surface area contributed by atoms with Crippen LogP contribution in [0, 0.1) is 0 Å². The average molecular weight is 290 g/mol. The minimum absolute atomic E-state index is 0.0863. The Morgan fingerprint density at radius 3 is 2.15 bits per heavy atom. The Hall–Kier alpha value is -2.53. The molecule has 0 amide bonds. The summed E-state index contributed by atoms with van der Waals surface area (Å²) in [6.07, 6.45) is 0. The van der Waals surface area contributed by atoms with E-state index < -0.39 is 11.9 Å². The van der Waals surface area contributed by atoms with Crippen LogP contribution in [0.2, 0.25) is 5.02 Å². The van der Waals surface area contributed by atoms with E-state index in [1.165, 1.54) is 36.4 Å². The Morgan fingerprint density at radius 1 is 0.900 bits per heavy atom. The van der Waals surface area contributed by atoms with Crippen LogP contribution >= 0.6 is 11.6 Å². The topological polar surface area (TPSA) is 92.3 Å². The molecule has 0 unspecified atom stereocenters. The van der Waals surface area contributed by atoms with Gasteiger partial charge in [0.15, 0.2) is 0 Å². The van der Waals surface area contributed by atoms with Crippen LogP contribution in [-0.4, -0.2) is 11.9 Å². The summed E-state index contributed by atoms with van der Waals surface area (Å²) in [4.78, 5) is 22.0. The Labute approximate surface area is 119 Å². The molecular formula is C14H8ClNO4-2. The molecule has 6 heteroatoms. The van der Waals surface area contributed by atoms with Gasteiger partial charge in [-0.3, -0.25) is 0 Å². The Morgan fingerprint density at radius 2 is 1.50 bits per heavy atom. The summed E-state index contributed by atoms with van der Waals surface area (Å²) in [5, 5.41) is 25.0. The van der Waals surface area contributed by atoms with Crippen LogP contribution in [0.3, 0.4) is 0 Å². The van der Waals surface area contributed by atoms with E-state index in [9.17, 15) is 19.8 Å². The highest BCUT2D eigenvalue weighted by Gasteiger charge is 2.08. The molecule has 0 fully saturated rings. The van der Waals surface area contributed by atoms with E-state index in [-0.39, 0.29) is 22.5 Å². The first-order chi connectivity index (χ1) is 9.49. The third-order valence-corrected chi connectivity index (χ3v) is 2.85. The number of carbonyl (C=O) groups excluding carboxylic acids is 2. The third kappa shape index (κ3) is 2.89. The molecule has 0 heterocycles. The fraction of sp³-hybridized carbons (Fsp3) is 0. The SMILES string of the molecule is O=C([O-])c1ccccc1Nc1cc(Cl)ccc1C(=O)[O-].